The van der Waals surface area contributed by atoms with Gasteiger partial charge in [-0.2, -0.15) is 0 Å². The molecule has 18 heavy (non-hydrogen) atoms. The Labute approximate surface area is 117 Å². The van der Waals surface area contributed by atoms with Gasteiger partial charge in [-0.05, 0) is 11.6 Å². The summed E-state index contributed by atoms with van der Waals surface area (Å²) >= 11 is 5.01. The molecule has 1 heterocycles. The lowest BCUT2D eigenvalue weighted by Gasteiger charge is -1.93. The van der Waals surface area contributed by atoms with Crippen molar-refractivity contribution in [1.29, 1.82) is 0 Å². The van der Waals surface area contributed by atoms with Crippen LogP contribution in [0.4, 0.5) is 10.8 Å². The summed E-state index contributed by atoms with van der Waals surface area (Å²) in [5.41, 5.74) is 3.06. The van der Waals surface area contributed by atoms with Gasteiger partial charge in [0.25, 0.3) is 0 Å². The summed E-state index contributed by atoms with van der Waals surface area (Å²) in [7, 11) is 0. The Bertz CT molecular complexity index is 664. The van der Waals surface area contributed by atoms with E-state index in [0.717, 1.165) is 21.3 Å². The minimum atomic E-state index is 0.667. The molecule has 0 bridgehead atoms. The van der Waals surface area contributed by atoms with Gasteiger partial charge in [0, 0.05) is 21.6 Å². The quantitative estimate of drug-likeness (QED) is 0.581. The lowest BCUT2D eigenvalue weighted by atomic mass is 10.2. The normalized spacial score (nSPS) is 11.4. The van der Waals surface area contributed by atoms with Crippen LogP contribution in [-0.2, 0) is 0 Å². The van der Waals surface area contributed by atoms with E-state index in [1.807, 2.05) is 35.7 Å². The summed E-state index contributed by atoms with van der Waals surface area (Å²) in [6.45, 7) is 0. The Morgan fingerprint density at radius 2 is 1.89 bits per heavy atom. The fourth-order valence-electron chi connectivity index (χ4n) is 1.70. The van der Waals surface area contributed by atoms with Crippen molar-refractivity contribution < 1.29 is 0 Å². The first-order valence-corrected chi connectivity index (χ1v) is 7.00. The van der Waals surface area contributed by atoms with Gasteiger partial charge in [0.2, 0.25) is 5.13 Å². The van der Waals surface area contributed by atoms with Crippen LogP contribution in [0.3, 0.4) is 0 Å². The highest BCUT2D eigenvalue weighted by Crippen LogP contribution is 2.41. The number of halogens is 1. The van der Waals surface area contributed by atoms with Crippen molar-refractivity contribution in [3.05, 3.63) is 52.4 Å². The third-order valence-corrected chi connectivity index (χ3v) is 3.81. The Kier molecular flexibility index (Phi) is 3.17. The van der Waals surface area contributed by atoms with Gasteiger partial charge in [0.1, 0.15) is 0 Å². The first kappa shape index (κ1) is 11.5. The molecule has 2 aliphatic carbocycles. The molecule has 0 aromatic carbocycles. The summed E-state index contributed by atoms with van der Waals surface area (Å²) in [5, 5.41) is 11.0. The third-order valence-electron chi connectivity index (χ3n) is 2.50. The summed E-state index contributed by atoms with van der Waals surface area (Å²) in [4.78, 5) is 4.08. The van der Waals surface area contributed by atoms with Crippen molar-refractivity contribution >= 4 is 38.1 Å². The number of hydrogen-bond acceptors (Lipinski definition) is 4. The second-order valence-corrected chi connectivity index (χ2v) is 5.36. The Morgan fingerprint density at radius 3 is 2.67 bits per heavy atom. The zero-order valence-corrected chi connectivity index (χ0v) is 11.6. The van der Waals surface area contributed by atoms with Crippen LogP contribution in [0.25, 0.3) is 11.1 Å². The number of azo groups is 1. The van der Waals surface area contributed by atoms with E-state index in [-0.39, 0.29) is 0 Å². The number of nitrogens with zero attached hydrogens (tertiary/aromatic N) is 3. The molecule has 0 radical (unpaired) electrons. The van der Waals surface area contributed by atoms with Gasteiger partial charge in [-0.3, -0.25) is 0 Å². The molecule has 5 heteroatoms. The van der Waals surface area contributed by atoms with Crippen molar-refractivity contribution in [2.24, 2.45) is 10.2 Å². The van der Waals surface area contributed by atoms with Crippen molar-refractivity contribution in [2.45, 2.75) is 0 Å². The molecular formula is C13H8BrN3S. The first-order valence-electron chi connectivity index (χ1n) is 5.33. The molecule has 1 aromatic rings. The van der Waals surface area contributed by atoms with E-state index >= 15 is 0 Å². The zero-order chi connectivity index (χ0) is 12.4. The van der Waals surface area contributed by atoms with E-state index in [0.29, 0.717) is 5.13 Å². The van der Waals surface area contributed by atoms with Crippen LogP contribution < -0.4 is 0 Å². The predicted octanol–water partition coefficient (Wildman–Crippen LogP) is 5.43. The van der Waals surface area contributed by atoms with Crippen LogP contribution in [0, 0.1) is 0 Å². The molecule has 0 saturated heterocycles. The highest BCUT2D eigenvalue weighted by Gasteiger charge is 2.12. The van der Waals surface area contributed by atoms with Crippen LogP contribution in [0.2, 0.25) is 0 Å². The maximum absolute atomic E-state index is 4.27. The number of fused-ring (bicyclic) bond motifs is 1. The number of hydrogen-bond donors (Lipinski definition) is 0. The van der Waals surface area contributed by atoms with Crippen LogP contribution in [0.1, 0.15) is 0 Å². The van der Waals surface area contributed by atoms with Gasteiger partial charge in [-0.1, -0.05) is 46.3 Å². The SMILES string of the molecule is Brc1cc(N=Nc2nccs2)c2cccccc1-2. The standard InChI is InChI=1S/C13H8BrN3S/c14-11-8-12(16-17-13-15-6-7-18-13)10-5-3-1-2-4-9(10)11/h1-8H. The van der Waals surface area contributed by atoms with E-state index in [1.165, 1.54) is 11.3 Å². The van der Waals surface area contributed by atoms with E-state index < -0.39 is 0 Å². The van der Waals surface area contributed by atoms with Crippen LogP contribution in [0.5, 0.6) is 0 Å². The smallest absolute Gasteiger partial charge is 0.226 e. The van der Waals surface area contributed by atoms with E-state index in [1.54, 1.807) is 6.20 Å². The zero-order valence-electron chi connectivity index (χ0n) is 9.25. The predicted molar refractivity (Wildman–Crippen MR) is 77.1 cm³/mol. The number of rotatable bonds is 2. The van der Waals surface area contributed by atoms with Gasteiger partial charge in [-0.25, -0.2) is 4.98 Å². The minimum Gasteiger partial charge on any atom is -0.226 e. The summed E-state index contributed by atoms with van der Waals surface area (Å²) in [6.07, 6.45) is 1.72. The molecule has 0 N–H and O–H groups in total. The molecule has 3 rings (SSSR count). The maximum atomic E-state index is 4.27. The molecule has 0 spiro atoms. The van der Waals surface area contributed by atoms with Crippen molar-refractivity contribution in [3.8, 4) is 11.1 Å². The minimum absolute atomic E-state index is 0.667. The topological polar surface area (TPSA) is 37.6 Å². The van der Waals surface area contributed by atoms with Gasteiger partial charge in [0.05, 0.1) is 5.69 Å². The molecule has 88 valence electrons. The van der Waals surface area contributed by atoms with Gasteiger partial charge in [-0.15, -0.1) is 21.6 Å². The maximum Gasteiger partial charge on any atom is 0.229 e. The Hall–Kier alpha value is -1.59. The second kappa shape index (κ2) is 4.96. The van der Waals surface area contributed by atoms with Crippen molar-refractivity contribution in [3.63, 3.8) is 0 Å². The Balaban J connectivity index is 2.04. The molecular weight excluding hydrogens is 310 g/mol. The highest BCUT2D eigenvalue weighted by molar-refractivity contribution is 9.10. The molecule has 2 aliphatic rings. The first-order chi connectivity index (χ1) is 8.84. The van der Waals surface area contributed by atoms with Gasteiger partial charge in [0.15, 0.2) is 0 Å². The molecule has 0 fully saturated rings. The lowest BCUT2D eigenvalue weighted by Crippen LogP contribution is -1.66. The van der Waals surface area contributed by atoms with Crippen LogP contribution in [0.15, 0.2) is 62.7 Å². The summed E-state index contributed by atoms with van der Waals surface area (Å²) < 4.78 is 1.03. The molecule has 3 nitrogen and oxygen atoms in total. The Morgan fingerprint density at radius 1 is 1.06 bits per heavy atom. The van der Waals surface area contributed by atoms with Crippen molar-refractivity contribution in [1.82, 2.24) is 4.98 Å². The largest absolute Gasteiger partial charge is 0.229 e. The summed E-state index contributed by atoms with van der Waals surface area (Å²) in [6, 6.07) is 12.1. The molecule has 0 aliphatic heterocycles. The molecule has 0 unspecified atom stereocenters. The number of aromatic nitrogens is 1. The summed E-state index contributed by atoms with van der Waals surface area (Å²) in [5.74, 6) is 0. The third kappa shape index (κ3) is 2.19. The highest BCUT2D eigenvalue weighted by atomic mass is 79.9. The number of thiazole rings is 1. The van der Waals surface area contributed by atoms with Crippen LogP contribution in [-0.4, -0.2) is 4.98 Å². The molecule has 0 atom stereocenters. The fraction of sp³-hybridized carbons (Fsp3) is 0. The molecule has 0 saturated carbocycles. The molecule has 1 aromatic heterocycles. The lowest BCUT2D eigenvalue weighted by molar-refractivity contribution is 1.20. The average molecular weight is 318 g/mol. The monoisotopic (exact) mass is 317 g/mol. The van der Waals surface area contributed by atoms with E-state index in [4.69, 9.17) is 0 Å². The van der Waals surface area contributed by atoms with Crippen molar-refractivity contribution in [2.75, 3.05) is 0 Å². The van der Waals surface area contributed by atoms with Gasteiger partial charge < -0.3 is 0 Å². The average Bonchev–Trinajstić information content (AvgIpc) is 2.89. The second-order valence-electron chi connectivity index (χ2n) is 3.63. The molecule has 0 amide bonds. The van der Waals surface area contributed by atoms with E-state index in [9.17, 15) is 0 Å². The van der Waals surface area contributed by atoms with Crippen LogP contribution >= 0.6 is 27.3 Å². The van der Waals surface area contributed by atoms with E-state index in [2.05, 4.69) is 37.2 Å². The van der Waals surface area contributed by atoms with Gasteiger partial charge >= 0.3 is 0 Å². The fourth-order valence-corrected chi connectivity index (χ4v) is 2.71.